The average Bonchev–Trinajstić information content (AvgIpc) is 2.80. The highest BCUT2D eigenvalue weighted by Crippen LogP contribution is 2.27. The average molecular weight is 403 g/mol. The number of rotatable bonds is 11. The van der Waals surface area contributed by atoms with Gasteiger partial charge in [-0.15, -0.1) is 0 Å². The summed E-state index contributed by atoms with van der Waals surface area (Å²) in [5.41, 5.74) is 4.11. The molecule has 0 radical (unpaired) electrons. The van der Waals surface area contributed by atoms with Gasteiger partial charge in [-0.2, -0.15) is 0 Å². The van der Waals surface area contributed by atoms with E-state index in [2.05, 4.69) is 96.7 Å². The van der Waals surface area contributed by atoms with Crippen LogP contribution < -0.4 is 4.74 Å². The second-order valence-electron chi connectivity index (χ2n) is 8.05. The number of hydrogen-bond acceptors (Lipinski definition) is 3. The smallest absolute Gasteiger partial charge is 0.118 e. The van der Waals surface area contributed by atoms with Crippen LogP contribution in [0.3, 0.4) is 0 Å². The van der Waals surface area contributed by atoms with Crippen LogP contribution in [0.2, 0.25) is 0 Å². The van der Waals surface area contributed by atoms with E-state index < -0.39 is 0 Å². The highest BCUT2D eigenvalue weighted by Gasteiger charge is 2.15. The second kappa shape index (κ2) is 11.5. The lowest BCUT2D eigenvalue weighted by molar-refractivity contribution is 0.248. The molecule has 0 aliphatic rings. The van der Waals surface area contributed by atoms with Crippen LogP contribution in [0, 0.1) is 0 Å². The van der Waals surface area contributed by atoms with Gasteiger partial charge in [0.1, 0.15) is 5.75 Å². The maximum absolute atomic E-state index is 5.24. The molecule has 3 aromatic rings. The first-order valence-electron chi connectivity index (χ1n) is 10.8. The summed E-state index contributed by atoms with van der Waals surface area (Å²) in [4.78, 5) is 4.83. The van der Waals surface area contributed by atoms with E-state index in [1.54, 1.807) is 7.11 Å². The van der Waals surface area contributed by atoms with Crippen LogP contribution in [0.4, 0.5) is 0 Å². The van der Waals surface area contributed by atoms with Gasteiger partial charge < -0.3 is 14.5 Å². The summed E-state index contributed by atoms with van der Waals surface area (Å²) in [7, 11) is 6.13. The van der Waals surface area contributed by atoms with Gasteiger partial charge in [0.05, 0.1) is 7.11 Å². The number of benzene rings is 3. The number of nitrogens with zero attached hydrogens (tertiary/aromatic N) is 2. The van der Waals surface area contributed by atoms with E-state index in [9.17, 15) is 0 Å². The summed E-state index contributed by atoms with van der Waals surface area (Å²) in [5, 5.41) is 0. The summed E-state index contributed by atoms with van der Waals surface area (Å²) in [6, 6.07) is 30.1. The zero-order valence-corrected chi connectivity index (χ0v) is 18.5. The van der Waals surface area contributed by atoms with E-state index >= 15 is 0 Å². The Morgan fingerprint density at radius 2 is 1.20 bits per heavy atom. The van der Waals surface area contributed by atoms with Crippen LogP contribution in [-0.2, 0) is 6.54 Å². The molecule has 0 aliphatic heterocycles. The molecule has 0 unspecified atom stereocenters. The molecule has 0 fully saturated rings. The van der Waals surface area contributed by atoms with E-state index in [-0.39, 0.29) is 0 Å². The van der Waals surface area contributed by atoms with Gasteiger partial charge in [-0.05, 0) is 55.9 Å². The Balaban J connectivity index is 1.49. The quantitative estimate of drug-likeness (QED) is 0.434. The molecule has 3 rings (SSSR count). The molecular weight excluding hydrogens is 368 g/mol. The second-order valence-corrected chi connectivity index (χ2v) is 8.05. The fourth-order valence-corrected chi connectivity index (χ4v) is 3.82. The maximum atomic E-state index is 5.24. The van der Waals surface area contributed by atoms with Crippen LogP contribution in [0.1, 0.15) is 29.0 Å². The molecule has 3 heteroatoms. The number of ether oxygens (including phenoxy) is 1. The molecule has 3 aromatic carbocycles. The molecule has 0 aromatic heterocycles. The van der Waals surface area contributed by atoms with Crippen LogP contribution in [0.25, 0.3) is 0 Å². The lowest BCUT2D eigenvalue weighted by atomic mass is 9.88. The SMILES string of the molecule is COc1ccc(CN(C)CCN(C)CCC(c2ccccc2)c2ccccc2)cc1. The van der Waals surface area contributed by atoms with Crippen molar-refractivity contribution in [2.24, 2.45) is 0 Å². The topological polar surface area (TPSA) is 15.7 Å². The van der Waals surface area contributed by atoms with Gasteiger partial charge in [-0.1, -0.05) is 72.8 Å². The Kier molecular flexibility index (Phi) is 8.49. The Hall–Kier alpha value is -2.62. The monoisotopic (exact) mass is 402 g/mol. The normalized spacial score (nSPS) is 11.4. The van der Waals surface area contributed by atoms with Crippen molar-refractivity contribution in [1.29, 1.82) is 0 Å². The first-order valence-corrected chi connectivity index (χ1v) is 10.8. The van der Waals surface area contributed by atoms with Crippen molar-refractivity contribution in [3.8, 4) is 5.75 Å². The van der Waals surface area contributed by atoms with Gasteiger partial charge in [0.25, 0.3) is 0 Å². The summed E-state index contributed by atoms with van der Waals surface area (Å²) in [5.74, 6) is 1.35. The predicted molar refractivity (Wildman–Crippen MR) is 126 cm³/mol. The molecule has 30 heavy (non-hydrogen) atoms. The van der Waals surface area contributed by atoms with Crippen LogP contribution in [-0.4, -0.2) is 50.6 Å². The van der Waals surface area contributed by atoms with Gasteiger partial charge in [0.2, 0.25) is 0 Å². The lowest BCUT2D eigenvalue weighted by Crippen LogP contribution is -2.31. The third kappa shape index (κ3) is 6.72. The van der Waals surface area contributed by atoms with Crippen LogP contribution >= 0.6 is 0 Å². The van der Waals surface area contributed by atoms with E-state index in [0.29, 0.717) is 5.92 Å². The highest BCUT2D eigenvalue weighted by molar-refractivity contribution is 5.32. The van der Waals surface area contributed by atoms with Gasteiger partial charge in [-0.3, -0.25) is 0 Å². The predicted octanol–water partition coefficient (Wildman–Crippen LogP) is 5.28. The van der Waals surface area contributed by atoms with E-state index in [0.717, 1.165) is 38.3 Å². The lowest BCUT2D eigenvalue weighted by Gasteiger charge is -2.25. The molecule has 0 spiro atoms. The van der Waals surface area contributed by atoms with Crippen molar-refractivity contribution in [3.63, 3.8) is 0 Å². The van der Waals surface area contributed by atoms with Gasteiger partial charge in [-0.25, -0.2) is 0 Å². The minimum Gasteiger partial charge on any atom is -0.497 e. The van der Waals surface area contributed by atoms with Crippen LogP contribution in [0.5, 0.6) is 5.75 Å². The largest absolute Gasteiger partial charge is 0.497 e. The van der Waals surface area contributed by atoms with Crippen LogP contribution in [0.15, 0.2) is 84.9 Å². The number of likely N-dealkylation sites (N-methyl/N-ethyl adjacent to an activating group) is 2. The minimum absolute atomic E-state index is 0.437. The van der Waals surface area contributed by atoms with Crippen molar-refractivity contribution in [2.75, 3.05) is 40.8 Å². The molecule has 0 heterocycles. The van der Waals surface area contributed by atoms with Crippen molar-refractivity contribution in [3.05, 3.63) is 102 Å². The summed E-state index contributed by atoms with van der Waals surface area (Å²) in [6.45, 7) is 4.13. The fraction of sp³-hybridized carbons (Fsp3) is 0.333. The molecule has 0 N–H and O–H groups in total. The zero-order chi connectivity index (χ0) is 21.2. The third-order valence-corrected chi connectivity index (χ3v) is 5.68. The molecule has 0 saturated heterocycles. The third-order valence-electron chi connectivity index (χ3n) is 5.68. The number of hydrogen-bond donors (Lipinski definition) is 0. The van der Waals surface area contributed by atoms with Crippen molar-refractivity contribution >= 4 is 0 Å². The first kappa shape index (κ1) is 22.1. The Bertz CT molecular complexity index is 810. The molecule has 3 nitrogen and oxygen atoms in total. The van der Waals surface area contributed by atoms with Crippen molar-refractivity contribution in [2.45, 2.75) is 18.9 Å². The molecule has 0 amide bonds. The zero-order valence-electron chi connectivity index (χ0n) is 18.5. The standard InChI is InChI=1S/C27H34N2O/c1-28(20-21-29(2)22-23-14-16-26(30-3)17-15-23)19-18-27(24-10-6-4-7-11-24)25-12-8-5-9-13-25/h4-17,27H,18-22H2,1-3H3. The minimum atomic E-state index is 0.437. The fourth-order valence-electron chi connectivity index (χ4n) is 3.82. The summed E-state index contributed by atoms with van der Waals surface area (Å²) >= 11 is 0. The molecular formula is C27H34N2O. The molecule has 0 bridgehead atoms. The summed E-state index contributed by atoms with van der Waals surface area (Å²) < 4.78 is 5.24. The first-order chi connectivity index (χ1) is 14.7. The number of methoxy groups -OCH3 is 1. The van der Waals surface area contributed by atoms with Gasteiger partial charge in [0, 0.05) is 25.6 Å². The Morgan fingerprint density at radius 3 is 1.73 bits per heavy atom. The maximum Gasteiger partial charge on any atom is 0.118 e. The van der Waals surface area contributed by atoms with E-state index in [4.69, 9.17) is 4.74 Å². The van der Waals surface area contributed by atoms with Gasteiger partial charge >= 0.3 is 0 Å². The molecule has 158 valence electrons. The van der Waals surface area contributed by atoms with Crippen molar-refractivity contribution < 1.29 is 4.74 Å². The van der Waals surface area contributed by atoms with E-state index in [1.165, 1.54) is 16.7 Å². The Morgan fingerprint density at radius 1 is 0.667 bits per heavy atom. The molecule has 0 saturated carbocycles. The summed E-state index contributed by atoms with van der Waals surface area (Å²) in [6.07, 6.45) is 1.12. The molecule has 0 atom stereocenters. The van der Waals surface area contributed by atoms with Gasteiger partial charge in [0.15, 0.2) is 0 Å². The van der Waals surface area contributed by atoms with E-state index in [1.807, 2.05) is 12.1 Å². The molecule has 0 aliphatic carbocycles. The Labute approximate surface area is 181 Å². The van der Waals surface area contributed by atoms with Crippen molar-refractivity contribution in [1.82, 2.24) is 9.80 Å². The highest BCUT2D eigenvalue weighted by atomic mass is 16.5.